The fourth-order valence-electron chi connectivity index (χ4n) is 4.05. The number of piperazine rings is 1. The van der Waals surface area contributed by atoms with Crippen molar-refractivity contribution >= 4 is 17.7 Å². The third-order valence-electron chi connectivity index (χ3n) is 6.08. The smallest absolute Gasteiger partial charge is 0.321 e. The van der Waals surface area contributed by atoms with Gasteiger partial charge < -0.3 is 24.8 Å². The Hall–Kier alpha value is -2.88. The van der Waals surface area contributed by atoms with Crippen LogP contribution in [0.25, 0.3) is 0 Å². The highest BCUT2D eigenvalue weighted by molar-refractivity contribution is 5.78. The van der Waals surface area contributed by atoms with Crippen LogP contribution in [0.2, 0.25) is 0 Å². The Morgan fingerprint density at radius 3 is 2.93 bits per heavy atom. The average Bonchev–Trinajstić information content (AvgIpc) is 3.22. The van der Waals surface area contributed by atoms with Crippen molar-refractivity contribution in [3.05, 3.63) is 23.5 Å². The second kappa shape index (κ2) is 7.75. The molecule has 2 aromatic rings. The summed E-state index contributed by atoms with van der Waals surface area (Å²) >= 11 is 0. The molecule has 0 unspecified atom stereocenters. The number of likely N-dealkylation sites (N-methyl/N-ethyl adjacent to an activating group) is 1. The van der Waals surface area contributed by atoms with Gasteiger partial charge in [-0.15, -0.1) is 0 Å². The van der Waals surface area contributed by atoms with Gasteiger partial charge in [-0.1, -0.05) is 0 Å². The zero-order valence-corrected chi connectivity index (χ0v) is 18.3. The maximum atomic E-state index is 13.4. The maximum absolute atomic E-state index is 13.4. The van der Waals surface area contributed by atoms with Crippen molar-refractivity contribution in [2.45, 2.75) is 45.8 Å². The zero-order chi connectivity index (χ0) is 21.5. The molecule has 0 bridgehead atoms. The first-order valence-electron chi connectivity index (χ1n) is 10.4. The number of hydrogen-bond donors (Lipinski definition) is 2. The molecule has 10 nitrogen and oxygen atoms in total. The molecule has 30 heavy (non-hydrogen) atoms. The summed E-state index contributed by atoms with van der Waals surface area (Å²) in [6, 6.07) is 2.49. The van der Waals surface area contributed by atoms with Crippen LogP contribution in [0.1, 0.15) is 39.0 Å². The van der Waals surface area contributed by atoms with Gasteiger partial charge in [-0.25, -0.2) is 9.78 Å². The summed E-state index contributed by atoms with van der Waals surface area (Å²) in [4.78, 5) is 28.0. The van der Waals surface area contributed by atoms with Crippen LogP contribution in [0.5, 0.6) is 6.01 Å². The van der Waals surface area contributed by atoms with E-state index in [-0.39, 0.29) is 6.03 Å². The predicted molar refractivity (Wildman–Crippen MR) is 113 cm³/mol. The van der Waals surface area contributed by atoms with Crippen molar-refractivity contribution in [2.24, 2.45) is 0 Å². The third-order valence-corrected chi connectivity index (χ3v) is 6.08. The van der Waals surface area contributed by atoms with Crippen molar-refractivity contribution < 1.29 is 9.53 Å². The Balaban J connectivity index is 1.53. The molecule has 162 valence electrons. The van der Waals surface area contributed by atoms with E-state index in [0.29, 0.717) is 36.8 Å². The van der Waals surface area contributed by atoms with E-state index in [1.54, 1.807) is 12.3 Å². The highest BCUT2D eigenvalue weighted by Crippen LogP contribution is 2.41. The van der Waals surface area contributed by atoms with E-state index in [4.69, 9.17) is 4.74 Å². The van der Waals surface area contributed by atoms with Crippen LogP contribution in [0.4, 0.5) is 16.4 Å². The van der Waals surface area contributed by atoms with Crippen LogP contribution in [-0.2, 0) is 12.1 Å². The predicted octanol–water partition coefficient (Wildman–Crippen LogP) is 2.15. The lowest BCUT2D eigenvalue weighted by Gasteiger charge is -2.42. The molecular formula is C20H30N8O2. The van der Waals surface area contributed by atoms with Gasteiger partial charge >= 0.3 is 12.0 Å². The van der Waals surface area contributed by atoms with E-state index in [1.165, 1.54) is 0 Å². The number of ether oxygens (including phenoxy) is 1. The molecule has 1 saturated heterocycles. The molecule has 0 spiro atoms. The van der Waals surface area contributed by atoms with Gasteiger partial charge in [0.15, 0.2) is 5.82 Å². The molecular weight excluding hydrogens is 384 g/mol. The topological polar surface area (TPSA) is 103 Å². The zero-order valence-electron chi connectivity index (χ0n) is 18.3. The molecule has 0 aromatic carbocycles. The van der Waals surface area contributed by atoms with E-state index >= 15 is 0 Å². The minimum absolute atomic E-state index is 0.0659. The second-order valence-corrected chi connectivity index (χ2v) is 8.41. The normalized spacial score (nSPS) is 20.9. The van der Waals surface area contributed by atoms with Crippen molar-refractivity contribution in [1.82, 2.24) is 34.9 Å². The highest BCUT2D eigenvalue weighted by atomic mass is 16.5. The van der Waals surface area contributed by atoms with Gasteiger partial charge in [0.1, 0.15) is 5.82 Å². The Morgan fingerprint density at radius 1 is 1.40 bits per heavy atom. The number of carbonyl (C=O) groups is 1. The molecule has 0 radical (unpaired) electrons. The van der Waals surface area contributed by atoms with Crippen LogP contribution in [0.3, 0.4) is 0 Å². The summed E-state index contributed by atoms with van der Waals surface area (Å²) in [6.45, 7) is 11.5. The number of fused-ring (bicyclic) bond motifs is 1. The number of H-pyrrole nitrogens is 1. The lowest BCUT2D eigenvalue weighted by atomic mass is 10.0. The Morgan fingerprint density at radius 2 is 2.20 bits per heavy atom. The molecule has 10 heteroatoms. The number of urea groups is 1. The van der Waals surface area contributed by atoms with Crippen molar-refractivity contribution in [1.29, 1.82) is 0 Å². The summed E-state index contributed by atoms with van der Waals surface area (Å²) in [5, 5.41) is 10.8. The molecule has 4 rings (SSSR count). The minimum atomic E-state index is -0.478. The molecule has 0 aliphatic carbocycles. The minimum Gasteiger partial charge on any atom is -0.464 e. The van der Waals surface area contributed by atoms with Gasteiger partial charge in [0.05, 0.1) is 24.4 Å². The number of anilines is 2. The van der Waals surface area contributed by atoms with Crippen LogP contribution >= 0.6 is 0 Å². The molecule has 1 atom stereocenters. The van der Waals surface area contributed by atoms with Crippen molar-refractivity contribution in [3.8, 4) is 6.01 Å². The lowest BCUT2D eigenvalue weighted by molar-refractivity contribution is 0.0714. The van der Waals surface area contributed by atoms with Crippen LogP contribution in [0, 0.1) is 0 Å². The van der Waals surface area contributed by atoms with E-state index in [2.05, 4.69) is 58.2 Å². The van der Waals surface area contributed by atoms with Gasteiger partial charge in [-0.3, -0.25) is 5.10 Å². The fraction of sp³-hybridized carbons (Fsp3) is 0.600. The largest absolute Gasteiger partial charge is 0.464 e. The SMILES string of the molecule is CCOc1nccc(Nc2n[nH]c3c2CN(C(=O)N2CCN(C)[C@H](C)C2)C3(C)C)n1. The summed E-state index contributed by atoms with van der Waals surface area (Å²) in [6.07, 6.45) is 1.64. The number of aromatic nitrogens is 4. The Labute approximate surface area is 176 Å². The molecule has 2 aromatic heterocycles. The third kappa shape index (κ3) is 3.55. The first kappa shape index (κ1) is 20.4. The molecule has 1 fully saturated rings. The van der Waals surface area contributed by atoms with Crippen LogP contribution in [-0.4, -0.2) is 80.2 Å². The summed E-state index contributed by atoms with van der Waals surface area (Å²) in [7, 11) is 2.10. The average molecular weight is 415 g/mol. The number of hydrogen-bond acceptors (Lipinski definition) is 7. The molecule has 2 aliphatic rings. The molecule has 2 amide bonds. The molecule has 0 saturated carbocycles. The van der Waals surface area contributed by atoms with E-state index in [9.17, 15) is 4.79 Å². The van der Waals surface area contributed by atoms with Gasteiger partial charge in [0.25, 0.3) is 0 Å². The van der Waals surface area contributed by atoms with E-state index in [1.807, 2.05) is 16.7 Å². The van der Waals surface area contributed by atoms with E-state index in [0.717, 1.165) is 30.9 Å². The van der Waals surface area contributed by atoms with Gasteiger partial charge in [0, 0.05) is 37.4 Å². The summed E-state index contributed by atoms with van der Waals surface area (Å²) in [5.41, 5.74) is 1.44. The fourth-order valence-corrected chi connectivity index (χ4v) is 4.05. The highest BCUT2D eigenvalue weighted by Gasteiger charge is 2.45. The number of nitrogens with zero attached hydrogens (tertiary/aromatic N) is 6. The maximum Gasteiger partial charge on any atom is 0.321 e. The monoisotopic (exact) mass is 414 g/mol. The first-order valence-corrected chi connectivity index (χ1v) is 10.4. The summed E-state index contributed by atoms with van der Waals surface area (Å²) < 4.78 is 5.37. The van der Waals surface area contributed by atoms with Gasteiger partial charge in [-0.2, -0.15) is 10.1 Å². The molecule has 4 heterocycles. The quantitative estimate of drug-likeness (QED) is 0.790. The molecule has 2 N–H and O–H groups in total. The van der Waals surface area contributed by atoms with Crippen molar-refractivity contribution in [2.75, 3.05) is 38.6 Å². The van der Waals surface area contributed by atoms with E-state index < -0.39 is 5.54 Å². The second-order valence-electron chi connectivity index (χ2n) is 8.41. The van der Waals surface area contributed by atoms with Crippen LogP contribution in [0.15, 0.2) is 12.3 Å². The van der Waals surface area contributed by atoms with Crippen molar-refractivity contribution in [3.63, 3.8) is 0 Å². The summed E-state index contributed by atoms with van der Waals surface area (Å²) in [5.74, 6) is 1.26. The standard InChI is InChI=1S/C20H30N8O2/c1-6-30-18-21-8-7-15(23-18)22-17-14-12-28(20(3,4)16(14)24-25-17)19(29)27-10-9-26(5)13(2)11-27/h7-8,13H,6,9-12H2,1-5H3,(H2,21,22,23,24,25)/t13-/m1/s1. The number of amides is 2. The Kier molecular flexibility index (Phi) is 5.27. The first-order chi connectivity index (χ1) is 14.3. The Bertz CT molecular complexity index is 927. The number of rotatable bonds is 4. The number of nitrogens with one attached hydrogen (secondary N) is 2. The van der Waals surface area contributed by atoms with Crippen LogP contribution < -0.4 is 10.1 Å². The molecule has 2 aliphatic heterocycles. The van der Waals surface area contributed by atoms with Gasteiger partial charge in [-0.05, 0) is 40.8 Å². The number of carbonyl (C=O) groups excluding carboxylic acids is 1. The van der Waals surface area contributed by atoms with Gasteiger partial charge in [0.2, 0.25) is 0 Å². The lowest BCUT2D eigenvalue weighted by Crippen LogP contribution is -2.56. The number of aromatic amines is 1.